The predicted octanol–water partition coefficient (Wildman–Crippen LogP) is 3.44. The fourth-order valence-electron chi connectivity index (χ4n) is 0.344. The van der Waals surface area contributed by atoms with Crippen LogP contribution >= 0.6 is 31.9 Å². The van der Waals surface area contributed by atoms with Crippen LogP contribution in [-0.2, 0) is 0 Å². The minimum absolute atomic E-state index is 0.417. The first kappa shape index (κ1) is 9.96. The van der Waals surface area contributed by atoms with E-state index in [9.17, 15) is 0 Å². The molecule has 0 amide bonds. The molecule has 0 aromatic carbocycles. The molecule has 0 aliphatic heterocycles. The number of alkyl halides is 2. The molecule has 0 N–H and O–H groups in total. The molecule has 0 spiro atoms. The Hall–Kier alpha value is 0.960. The van der Waals surface area contributed by atoms with Crippen LogP contribution in [0.3, 0.4) is 0 Å². The van der Waals surface area contributed by atoms with Crippen LogP contribution in [0.15, 0.2) is 0 Å². The van der Waals surface area contributed by atoms with Crippen molar-refractivity contribution in [2.45, 2.75) is 20.8 Å². The van der Waals surface area contributed by atoms with Crippen molar-refractivity contribution in [1.82, 2.24) is 0 Å². The van der Waals surface area contributed by atoms with Gasteiger partial charge in [-0.15, -0.1) is 0 Å². The summed E-state index contributed by atoms with van der Waals surface area (Å²) in [6, 6.07) is 0. The van der Waals surface area contributed by atoms with Gasteiger partial charge in [0.05, 0.1) is 0 Å². The second-order valence-corrected chi connectivity index (χ2v) is 4.20. The SMILES string of the molecule is CC(C)C(C)(CBr)CBr. The maximum atomic E-state index is 3.50. The van der Waals surface area contributed by atoms with Gasteiger partial charge in [-0.2, -0.15) is 0 Å². The summed E-state index contributed by atoms with van der Waals surface area (Å²) in [5.74, 6) is 0.733. The summed E-state index contributed by atoms with van der Waals surface area (Å²) >= 11 is 7.01. The van der Waals surface area contributed by atoms with Gasteiger partial charge in [0.15, 0.2) is 0 Å². The lowest BCUT2D eigenvalue weighted by atomic mass is 9.83. The molecule has 0 fully saturated rings. The Labute approximate surface area is 74.7 Å². The molecule has 2 heteroatoms. The van der Waals surface area contributed by atoms with Gasteiger partial charge in [0.2, 0.25) is 0 Å². The number of rotatable bonds is 3. The van der Waals surface area contributed by atoms with Crippen molar-refractivity contribution in [2.75, 3.05) is 10.7 Å². The molecule has 56 valence electrons. The Kier molecular flexibility index (Phi) is 4.39. The summed E-state index contributed by atoms with van der Waals surface area (Å²) in [5, 5.41) is 2.14. The van der Waals surface area contributed by atoms with Crippen LogP contribution in [-0.4, -0.2) is 10.7 Å². The molecule has 0 rings (SSSR count). The fourth-order valence-corrected chi connectivity index (χ4v) is 2.57. The van der Waals surface area contributed by atoms with Gasteiger partial charge in [-0.1, -0.05) is 52.6 Å². The van der Waals surface area contributed by atoms with Gasteiger partial charge in [0, 0.05) is 10.7 Å². The first-order chi connectivity index (χ1) is 4.06. The Morgan fingerprint density at radius 3 is 1.56 bits per heavy atom. The lowest BCUT2D eigenvalue weighted by Gasteiger charge is -2.29. The van der Waals surface area contributed by atoms with E-state index in [1.54, 1.807) is 0 Å². The van der Waals surface area contributed by atoms with Crippen molar-refractivity contribution in [3.05, 3.63) is 0 Å². The summed E-state index contributed by atoms with van der Waals surface area (Å²) in [4.78, 5) is 0. The summed E-state index contributed by atoms with van der Waals surface area (Å²) in [6.45, 7) is 6.78. The highest BCUT2D eigenvalue weighted by Crippen LogP contribution is 2.30. The maximum Gasteiger partial charge on any atom is 0.00957 e. The molecule has 0 aliphatic carbocycles. The number of hydrogen-bond acceptors (Lipinski definition) is 0. The first-order valence-corrected chi connectivity index (χ1v) is 5.43. The van der Waals surface area contributed by atoms with Crippen LogP contribution in [0.4, 0.5) is 0 Å². The third kappa shape index (κ3) is 2.58. The van der Waals surface area contributed by atoms with E-state index in [0.29, 0.717) is 5.41 Å². The molecular weight excluding hydrogens is 244 g/mol. The predicted molar refractivity (Wildman–Crippen MR) is 50.5 cm³/mol. The highest BCUT2D eigenvalue weighted by Gasteiger charge is 2.25. The molecule has 0 aliphatic rings. The molecule has 0 saturated carbocycles. The topological polar surface area (TPSA) is 0 Å². The van der Waals surface area contributed by atoms with E-state index < -0.39 is 0 Å². The molecule has 0 bridgehead atoms. The highest BCUT2D eigenvalue weighted by molar-refractivity contribution is 9.09. The normalized spacial score (nSPS) is 12.7. The third-order valence-corrected chi connectivity index (χ3v) is 4.57. The average Bonchev–Trinajstić information content (AvgIpc) is 1.86. The Morgan fingerprint density at radius 1 is 1.22 bits per heavy atom. The van der Waals surface area contributed by atoms with Crippen molar-refractivity contribution < 1.29 is 0 Å². The van der Waals surface area contributed by atoms with Crippen LogP contribution in [0.1, 0.15) is 20.8 Å². The molecule has 0 aromatic rings. The largest absolute Gasteiger partial charge is 0.0922 e. The van der Waals surface area contributed by atoms with Gasteiger partial charge >= 0.3 is 0 Å². The summed E-state index contributed by atoms with van der Waals surface area (Å²) in [7, 11) is 0. The van der Waals surface area contributed by atoms with Crippen LogP contribution in [0, 0.1) is 11.3 Å². The summed E-state index contributed by atoms with van der Waals surface area (Å²) < 4.78 is 0. The zero-order valence-electron chi connectivity index (χ0n) is 6.25. The van der Waals surface area contributed by atoms with Crippen LogP contribution < -0.4 is 0 Å². The second-order valence-electron chi connectivity index (χ2n) is 3.08. The van der Waals surface area contributed by atoms with Crippen molar-refractivity contribution in [1.29, 1.82) is 0 Å². The van der Waals surface area contributed by atoms with Gasteiger partial charge in [-0.05, 0) is 11.3 Å². The Bertz CT molecular complexity index is 75.0. The van der Waals surface area contributed by atoms with E-state index in [1.165, 1.54) is 0 Å². The monoisotopic (exact) mass is 256 g/mol. The van der Waals surface area contributed by atoms with E-state index in [-0.39, 0.29) is 0 Å². The number of halogens is 2. The van der Waals surface area contributed by atoms with E-state index in [0.717, 1.165) is 16.6 Å². The molecule has 0 radical (unpaired) electrons. The van der Waals surface area contributed by atoms with Crippen LogP contribution in [0.2, 0.25) is 0 Å². The summed E-state index contributed by atoms with van der Waals surface area (Å²) in [5.41, 5.74) is 0.417. The second kappa shape index (κ2) is 3.97. The van der Waals surface area contributed by atoms with E-state index in [2.05, 4.69) is 52.6 Å². The van der Waals surface area contributed by atoms with E-state index in [1.807, 2.05) is 0 Å². The third-order valence-electron chi connectivity index (χ3n) is 2.00. The molecule has 0 unspecified atom stereocenters. The fraction of sp³-hybridized carbons (Fsp3) is 1.00. The molecule has 0 heterocycles. The quantitative estimate of drug-likeness (QED) is 0.680. The zero-order valence-corrected chi connectivity index (χ0v) is 9.42. The standard InChI is InChI=1S/C7H14Br2/c1-6(2)7(3,4-8)5-9/h6H,4-5H2,1-3H3. The number of hydrogen-bond donors (Lipinski definition) is 0. The van der Waals surface area contributed by atoms with Gasteiger partial charge in [-0.3, -0.25) is 0 Å². The summed E-state index contributed by atoms with van der Waals surface area (Å²) in [6.07, 6.45) is 0. The van der Waals surface area contributed by atoms with Gasteiger partial charge in [-0.25, -0.2) is 0 Å². The molecular formula is C7H14Br2. The van der Waals surface area contributed by atoms with E-state index in [4.69, 9.17) is 0 Å². The minimum atomic E-state index is 0.417. The van der Waals surface area contributed by atoms with Gasteiger partial charge in [0.1, 0.15) is 0 Å². The lowest BCUT2D eigenvalue weighted by Crippen LogP contribution is -2.26. The Morgan fingerprint density at radius 2 is 1.56 bits per heavy atom. The molecule has 0 saturated heterocycles. The van der Waals surface area contributed by atoms with Gasteiger partial charge in [0.25, 0.3) is 0 Å². The minimum Gasteiger partial charge on any atom is -0.0922 e. The average molecular weight is 258 g/mol. The van der Waals surface area contributed by atoms with Crippen molar-refractivity contribution in [2.24, 2.45) is 11.3 Å². The zero-order chi connectivity index (χ0) is 7.49. The van der Waals surface area contributed by atoms with Crippen molar-refractivity contribution in [3.8, 4) is 0 Å². The molecule has 0 nitrogen and oxygen atoms in total. The maximum absolute atomic E-state index is 3.50. The van der Waals surface area contributed by atoms with Gasteiger partial charge < -0.3 is 0 Å². The van der Waals surface area contributed by atoms with Crippen molar-refractivity contribution >= 4 is 31.9 Å². The lowest BCUT2D eigenvalue weighted by molar-refractivity contribution is 0.304. The highest BCUT2D eigenvalue weighted by atomic mass is 79.9. The molecule has 0 aromatic heterocycles. The van der Waals surface area contributed by atoms with Crippen LogP contribution in [0.25, 0.3) is 0 Å². The van der Waals surface area contributed by atoms with Crippen molar-refractivity contribution in [3.63, 3.8) is 0 Å². The Balaban J connectivity index is 3.92. The van der Waals surface area contributed by atoms with E-state index >= 15 is 0 Å². The van der Waals surface area contributed by atoms with Crippen LogP contribution in [0.5, 0.6) is 0 Å². The molecule has 9 heavy (non-hydrogen) atoms. The smallest absolute Gasteiger partial charge is 0.00957 e. The first-order valence-electron chi connectivity index (χ1n) is 3.19. The molecule has 0 atom stereocenters.